The average Bonchev–Trinajstić information content (AvgIpc) is 3.52. The maximum Gasteiger partial charge on any atom is 0.306 e. The van der Waals surface area contributed by atoms with Gasteiger partial charge in [-0.2, -0.15) is 0 Å². The lowest BCUT2D eigenvalue weighted by Crippen LogP contribution is -2.92. The number of ether oxygens (including phenoxy) is 4. The van der Waals surface area contributed by atoms with Crippen LogP contribution in [-0.4, -0.2) is 61.7 Å². The number of hydrogen-bond acceptors (Lipinski definition) is 9. The molecule has 1 aromatic rings. The molecule has 10 heteroatoms. The van der Waals surface area contributed by atoms with Gasteiger partial charge in [-0.3, -0.25) is 9.59 Å². The summed E-state index contributed by atoms with van der Waals surface area (Å²) in [7, 11) is 0. The molecule has 4 aliphatic carbocycles. The van der Waals surface area contributed by atoms with Gasteiger partial charge in [0.25, 0.3) is 5.97 Å². The predicted octanol–water partition coefficient (Wildman–Crippen LogP) is 2.67. The Balaban J connectivity index is 1.42. The highest BCUT2D eigenvalue weighted by Crippen LogP contribution is 2.89. The van der Waals surface area contributed by atoms with Gasteiger partial charge in [-0.25, -0.2) is 0 Å². The second-order valence-electron chi connectivity index (χ2n) is 14.0. The summed E-state index contributed by atoms with van der Waals surface area (Å²) in [5.41, 5.74) is -7.14. The van der Waals surface area contributed by atoms with E-state index in [9.17, 15) is 24.9 Å². The average molecular weight is 531 g/mol. The molecule has 12 atom stereocenters. The summed E-state index contributed by atoms with van der Waals surface area (Å²) in [6.07, 6.45) is 2.32. The van der Waals surface area contributed by atoms with Crippen LogP contribution in [0.25, 0.3) is 0 Å². The third kappa shape index (κ3) is 2.00. The zero-order valence-electron chi connectivity index (χ0n) is 22.0. The summed E-state index contributed by atoms with van der Waals surface area (Å²) in [6, 6.07) is 1.71. The molecule has 8 rings (SSSR count). The Bertz CT molecular complexity index is 1300. The Labute approximate surface area is 219 Å². The van der Waals surface area contributed by atoms with Crippen LogP contribution in [0.1, 0.15) is 77.9 Å². The van der Waals surface area contributed by atoms with E-state index in [2.05, 4.69) is 0 Å². The van der Waals surface area contributed by atoms with Crippen LogP contribution in [-0.2, 0) is 28.5 Å². The molecule has 3 spiro atoms. The van der Waals surface area contributed by atoms with E-state index in [1.807, 2.05) is 20.8 Å². The zero-order chi connectivity index (χ0) is 26.9. The summed E-state index contributed by atoms with van der Waals surface area (Å²) >= 11 is 0. The molecule has 4 saturated carbocycles. The quantitative estimate of drug-likeness (QED) is 0.497. The Hall–Kier alpha value is -1.98. The van der Waals surface area contributed by atoms with E-state index in [1.165, 1.54) is 12.5 Å². The first-order chi connectivity index (χ1) is 17.7. The summed E-state index contributed by atoms with van der Waals surface area (Å²) in [6.45, 7) is 7.68. The normalized spacial score (nSPS) is 59.5. The number of carboxylic acids is 1. The van der Waals surface area contributed by atoms with Gasteiger partial charge in [-0.1, -0.05) is 20.8 Å². The summed E-state index contributed by atoms with van der Waals surface area (Å²) in [4.78, 5) is 25.6. The van der Waals surface area contributed by atoms with Crippen LogP contribution in [0, 0.1) is 28.1 Å². The van der Waals surface area contributed by atoms with E-state index in [0.717, 1.165) is 0 Å². The SMILES string of the molecule is CC12OC34C5CC(=O)OC3C3(O)CC6(C)CC3(O1)C(C)(C6CC(=O)O)C4(CCC5(C)C(O)c1ccoc1)O2. The fourth-order valence-electron chi connectivity index (χ4n) is 11.7. The van der Waals surface area contributed by atoms with Crippen molar-refractivity contribution < 1.29 is 48.3 Å². The summed E-state index contributed by atoms with van der Waals surface area (Å²) < 4.78 is 32.0. The monoisotopic (exact) mass is 530 g/mol. The van der Waals surface area contributed by atoms with Crippen molar-refractivity contribution in [2.45, 2.75) is 107 Å². The van der Waals surface area contributed by atoms with Crippen molar-refractivity contribution in [1.82, 2.24) is 0 Å². The molecule has 10 nitrogen and oxygen atoms in total. The molecule has 3 aliphatic heterocycles. The van der Waals surface area contributed by atoms with Gasteiger partial charge >= 0.3 is 11.9 Å². The lowest BCUT2D eigenvalue weighted by atomic mass is 9.33. The van der Waals surface area contributed by atoms with Crippen molar-refractivity contribution in [3.63, 3.8) is 0 Å². The fraction of sp³-hybridized carbons (Fsp3) is 0.786. The lowest BCUT2D eigenvalue weighted by molar-refractivity contribution is -0.472. The van der Waals surface area contributed by atoms with Crippen LogP contribution < -0.4 is 0 Å². The Morgan fingerprint density at radius 1 is 1.11 bits per heavy atom. The first-order valence-electron chi connectivity index (χ1n) is 13.6. The van der Waals surface area contributed by atoms with Crippen LogP contribution in [0.2, 0.25) is 0 Å². The molecule has 3 saturated heterocycles. The van der Waals surface area contributed by atoms with Gasteiger partial charge in [-0.05, 0) is 43.1 Å². The number of hydrogen-bond donors (Lipinski definition) is 3. The van der Waals surface area contributed by atoms with Crippen molar-refractivity contribution >= 4 is 11.9 Å². The molecule has 0 aromatic carbocycles. The molecule has 4 bridgehead atoms. The van der Waals surface area contributed by atoms with E-state index in [4.69, 9.17) is 23.4 Å². The van der Waals surface area contributed by atoms with Crippen LogP contribution in [0.5, 0.6) is 0 Å². The minimum atomic E-state index is -1.62. The molecular weight excluding hydrogens is 496 g/mol. The van der Waals surface area contributed by atoms with E-state index in [0.29, 0.717) is 24.8 Å². The molecular formula is C28H34O10. The molecule has 4 heterocycles. The Kier molecular flexibility index (Phi) is 3.88. The second-order valence-corrected chi connectivity index (χ2v) is 14.0. The number of aliphatic hydroxyl groups excluding tert-OH is 1. The summed E-state index contributed by atoms with van der Waals surface area (Å²) in [5, 5.41) is 34.6. The lowest BCUT2D eigenvalue weighted by Gasteiger charge is -2.77. The van der Waals surface area contributed by atoms with E-state index >= 15 is 0 Å². The van der Waals surface area contributed by atoms with Gasteiger partial charge in [0.15, 0.2) is 6.10 Å². The number of aliphatic hydroxyl groups is 2. The Morgan fingerprint density at radius 2 is 1.84 bits per heavy atom. The minimum absolute atomic E-state index is 0.0386. The number of esters is 1. The predicted molar refractivity (Wildman–Crippen MR) is 125 cm³/mol. The number of fused-ring (bicyclic) bond motifs is 3. The van der Waals surface area contributed by atoms with Crippen molar-refractivity contribution in [2.75, 3.05) is 0 Å². The van der Waals surface area contributed by atoms with E-state index in [-0.39, 0.29) is 25.2 Å². The fourth-order valence-corrected chi connectivity index (χ4v) is 11.7. The first kappa shape index (κ1) is 23.9. The van der Waals surface area contributed by atoms with Crippen molar-refractivity contribution in [1.29, 1.82) is 0 Å². The van der Waals surface area contributed by atoms with E-state index < -0.39 is 74.7 Å². The Morgan fingerprint density at radius 3 is 2.53 bits per heavy atom. The van der Waals surface area contributed by atoms with Crippen LogP contribution in [0.3, 0.4) is 0 Å². The molecule has 0 amide bonds. The van der Waals surface area contributed by atoms with Crippen LogP contribution in [0.4, 0.5) is 0 Å². The molecule has 0 radical (unpaired) electrons. The van der Waals surface area contributed by atoms with Crippen LogP contribution in [0.15, 0.2) is 23.0 Å². The first-order valence-corrected chi connectivity index (χ1v) is 13.6. The van der Waals surface area contributed by atoms with Gasteiger partial charge in [0, 0.05) is 35.7 Å². The zero-order valence-corrected chi connectivity index (χ0v) is 22.0. The molecule has 206 valence electrons. The van der Waals surface area contributed by atoms with Crippen molar-refractivity contribution in [3.05, 3.63) is 24.2 Å². The number of carboxylic acid groups (broad SMARTS) is 1. The van der Waals surface area contributed by atoms with E-state index in [1.54, 1.807) is 13.0 Å². The molecule has 38 heavy (non-hydrogen) atoms. The van der Waals surface area contributed by atoms with Gasteiger partial charge in [0.2, 0.25) is 0 Å². The van der Waals surface area contributed by atoms with Gasteiger partial charge in [0.1, 0.15) is 22.4 Å². The van der Waals surface area contributed by atoms with Gasteiger partial charge in [0.05, 0.1) is 25.1 Å². The summed E-state index contributed by atoms with van der Waals surface area (Å²) in [5.74, 6) is -3.90. The largest absolute Gasteiger partial charge is 0.481 e. The molecule has 7 aliphatic rings. The number of carbonyl (C=O) groups excluding carboxylic acids is 1. The molecule has 12 unspecified atom stereocenters. The standard InChI is InChI=1S/C28H34O10/c1-21-12-25(33)20-28-16(10-18(31)35-20)22(2,19(32)14-5-8-34-11-14)6-7-26(28)23(3,15(21)9-17(29)30)27(25,13-21)37-24(4,36-26)38-28/h5,8,11,15-16,19-20,32-33H,6-7,9-10,12-13H2,1-4H3,(H,29,30). The smallest absolute Gasteiger partial charge is 0.306 e. The number of carbonyl (C=O) groups is 2. The molecule has 3 N–H and O–H groups in total. The van der Waals surface area contributed by atoms with Crippen molar-refractivity contribution in [2.24, 2.45) is 28.1 Å². The maximum absolute atomic E-state index is 13.3. The maximum atomic E-state index is 13.3. The highest BCUT2D eigenvalue weighted by atomic mass is 16.9. The minimum Gasteiger partial charge on any atom is -0.481 e. The third-order valence-electron chi connectivity index (χ3n) is 12.6. The molecule has 1 aromatic heterocycles. The number of aliphatic carboxylic acids is 1. The van der Waals surface area contributed by atoms with Gasteiger partial charge in [-0.15, -0.1) is 0 Å². The third-order valence-corrected chi connectivity index (χ3v) is 12.6. The van der Waals surface area contributed by atoms with Gasteiger partial charge < -0.3 is 38.7 Å². The highest BCUT2D eigenvalue weighted by Gasteiger charge is 3.01. The number of furan rings is 1. The van der Waals surface area contributed by atoms with Crippen molar-refractivity contribution in [3.8, 4) is 0 Å². The van der Waals surface area contributed by atoms with Crippen LogP contribution >= 0.6 is 0 Å². The second kappa shape index (κ2) is 6.17. The topological polar surface area (TPSA) is 145 Å². The highest BCUT2D eigenvalue weighted by molar-refractivity contribution is 5.73. The molecule has 7 fully saturated rings. The number of rotatable bonds is 4.